The molecule has 0 spiro atoms. The van der Waals surface area contributed by atoms with Gasteiger partial charge in [-0.3, -0.25) is 29.9 Å². The number of pyridine rings is 1. The van der Waals surface area contributed by atoms with E-state index in [1.807, 2.05) is 6.08 Å². The molecule has 15 heteroatoms. The molecule has 2 aliphatic carbocycles. The molecule has 4 aliphatic rings. The lowest BCUT2D eigenvalue weighted by atomic mass is 9.49. The van der Waals surface area contributed by atoms with Crippen molar-refractivity contribution in [3.8, 4) is 11.5 Å². The first kappa shape index (κ1) is 32.9. The second-order valence-corrected chi connectivity index (χ2v) is 13.3. The van der Waals surface area contributed by atoms with Gasteiger partial charge in [0.25, 0.3) is 11.8 Å². The molecule has 3 fully saturated rings. The van der Waals surface area contributed by atoms with Gasteiger partial charge in [-0.05, 0) is 67.1 Å². The molecule has 3 aromatic rings. The van der Waals surface area contributed by atoms with E-state index < -0.39 is 75.4 Å². The highest BCUT2D eigenvalue weighted by atomic mass is 35.5. The number of hydrazine groups is 1. The van der Waals surface area contributed by atoms with Crippen molar-refractivity contribution in [1.82, 2.24) is 15.3 Å². The van der Waals surface area contributed by atoms with Gasteiger partial charge in [0.15, 0.2) is 17.3 Å². The zero-order valence-corrected chi connectivity index (χ0v) is 27.1. The van der Waals surface area contributed by atoms with E-state index in [0.29, 0.717) is 39.0 Å². The quantitative estimate of drug-likeness (QED) is 0.216. The molecular weight excluding hydrogens is 688 g/mol. The molecule has 6 unspecified atom stereocenters. The van der Waals surface area contributed by atoms with Crippen molar-refractivity contribution in [1.29, 1.82) is 0 Å². The van der Waals surface area contributed by atoms with Gasteiger partial charge in [-0.25, -0.2) is 4.98 Å². The van der Waals surface area contributed by atoms with E-state index in [1.165, 1.54) is 6.07 Å². The molecule has 3 heterocycles. The summed E-state index contributed by atoms with van der Waals surface area (Å²) in [5.41, 5.74) is 1.29. The number of fused-ring (bicyclic) bond motifs is 4. The Morgan fingerprint density at radius 2 is 1.80 bits per heavy atom. The molecule has 6 atom stereocenters. The number of imide groups is 2. The summed E-state index contributed by atoms with van der Waals surface area (Å²) in [6, 6.07) is 11.6. The van der Waals surface area contributed by atoms with Crippen LogP contribution in [-0.2, 0) is 30.8 Å². The summed E-state index contributed by atoms with van der Waals surface area (Å²) in [6.07, 6.45) is -2.17. The summed E-state index contributed by atoms with van der Waals surface area (Å²) >= 11 is 12.5. The number of hydrogen-bond donors (Lipinski definition) is 3. The minimum absolute atomic E-state index is 0.0137. The largest absolute Gasteiger partial charge is 0.504 e. The predicted octanol–water partition coefficient (Wildman–Crippen LogP) is 5.78. The number of halogens is 5. The summed E-state index contributed by atoms with van der Waals surface area (Å²) in [4.78, 5) is 59.5. The normalized spacial score (nSPS) is 27.7. The van der Waals surface area contributed by atoms with Gasteiger partial charge < -0.3 is 9.84 Å². The van der Waals surface area contributed by atoms with Gasteiger partial charge in [-0.1, -0.05) is 53.1 Å². The number of ether oxygens (including phenoxy) is 1. The summed E-state index contributed by atoms with van der Waals surface area (Å²) in [6.45, 7) is 1.94. The highest BCUT2D eigenvalue weighted by Gasteiger charge is 2.70. The maximum Gasteiger partial charge on any atom is 0.417 e. The molecule has 0 radical (unpaired) electrons. The average Bonchev–Trinajstić information content (AvgIpc) is 3.46. The van der Waals surface area contributed by atoms with E-state index in [-0.39, 0.29) is 36.8 Å². The predicted molar refractivity (Wildman–Crippen MR) is 169 cm³/mol. The SMILES string of the molecule is CCOc1cc(C2C3=CCC4C(=O)NC(=O)C4C3CC3C(=O)N(Nc4ncc(C(F)(F)F)cc4Cl)C(=O)C32c2ccc(Cl)cc2)ccc1O. The molecule has 254 valence electrons. The highest BCUT2D eigenvalue weighted by molar-refractivity contribution is 6.33. The molecule has 3 N–H and O–H groups in total. The van der Waals surface area contributed by atoms with Crippen LogP contribution in [0.5, 0.6) is 11.5 Å². The maximum atomic E-state index is 15.1. The zero-order valence-electron chi connectivity index (χ0n) is 25.6. The Balaban J connectivity index is 1.45. The van der Waals surface area contributed by atoms with E-state index >= 15 is 4.79 Å². The van der Waals surface area contributed by atoms with Gasteiger partial charge in [0.2, 0.25) is 11.8 Å². The maximum absolute atomic E-state index is 15.1. The Bertz CT molecular complexity index is 1950. The molecule has 4 amide bonds. The number of hydrogen-bond acceptors (Lipinski definition) is 8. The van der Waals surface area contributed by atoms with E-state index in [1.54, 1.807) is 43.3 Å². The summed E-state index contributed by atoms with van der Waals surface area (Å²) < 4.78 is 45.8. The number of amides is 4. The Morgan fingerprint density at radius 3 is 2.47 bits per heavy atom. The number of allylic oxidation sites excluding steroid dienone is 2. The first-order chi connectivity index (χ1) is 23.3. The van der Waals surface area contributed by atoms with Crippen molar-refractivity contribution >= 4 is 52.6 Å². The van der Waals surface area contributed by atoms with Gasteiger partial charge in [0.1, 0.15) is 0 Å². The van der Waals surface area contributed by atoms with Crippen LogP contribution < -0.4 is 15.5 Å². The number of nitrogens with zero attached hydrogens (tertiary/aromatic N) is 2. The highest BCUT2D eigenvalue weighted by Crippen LogP contribution is 2.64. The lowest BCUT2D eigenvalue weighted by Gasteiger charge is -2.50. The average molecular weight is 716 g/mol. The molecule has 49 heavy (non-hydrogen) atoms. The van der Waals surface area contributed by atoms with Crippen LogP contribution in [0.1, 0.15) is 42.4 Å². The van der Waals surface area contributed by atoms with Crippen LogP contribution in [0, 0.1) is 23.7 Å². The van der Waals surface area contributed by atoms with Gasteiger partial charge in [-0.2, -0.15) is 18.2 Å². The third-order valence-electron chi connectivity index (χ3n) is 10.0. The Kier molecular flexibility index (Phi) is 7.90. The van der Waals surface area contributed by atoms with Crippen molar-refractivity contribution in [2.24, 2.45) is 23.7 Å². The number of alkyl halides is 3. The molecule has 10 nitrogen and oxygen atoms in total. The fourth-order valence-corrected chi connectivity index (χ4v) is 8.38. The first-order valence-corrected chi connectivity index (χ1v) is 16.2. The second-order valence-electron chi connectivity index (χ2n) is 12.4. The van der Waals surface area contributed by atoms with Crippen LogP contribution in [0.2, 0.25) is 10.0 Å². The van der Waals surface area contributed by atoms with Crippen LogP contribution in [-0.4, -0.2) is 45.3 Å². The number of nitrogens with one attached hydrogen (secondary N) is 2. The van der Waals surface area contributed by atoms with E-state index in [0.717, 1.165) is 0 Å². The second kappa shape index (κ2) is 11.8. The van der Waals surface area contributed by atoms with E-state index in [4.69, 9.17) is 27.9 Å². The Labute approximate surface area is 287 Å². The standard InChI is InChI=1S/C34H27Cl2F3N4O6/c1-2-49-25-11-15(3-10-24(25)44)27-19-8-9-20-26(30(46)41-29(20)45)21(19)13-22-31(47)43(32(48)33(22,27)16-4-6-18(35)7-5-16)42-28-23(36)12-17(14-40-28)34(37,38)39/h3-8,10-12,14,20-22,26-27,44H,2,9,13H2,1H3,(H,40,42)(H,41,45,46). The fraction of sp³-hybridized carbons (Fsp3) is 0.324. The fourth-order valence-electron chi connectivity index (χ4n) is 8.05. The minimum Gasteiger partial charge on any atom is -0.504 e. The Hall–Kier alpha value is -4.62. The number of phenols is 1. The van der Waals surface area contributed by atoms with Gasteiger partial charge in [0.05, 0.1) is 40.4 Å². The molecule has 0 bridgehead atoms. The van der Waals surface area contributed by atoms with Crippen molar-refractivity contribution in [2.75, 3.05) is 12.0 Å². The number of aromatic nitrogens is 1. The van der Waals surface area contributed by atoms with Crippen LogP contribution in [0.15, 0.2) is 66.4 Å². The van der Waals surface area contributed by atoms with Crippen LogP contribution in [0.3, 0.4) is 0 Å². The minimum atomic E-state index is -4.74. The smallest absolute Gasteiger partial charge is 0.417 e. The topological polar surface area (TPSA) is 138 Å². The van der Waals surface area contributed by atoms with Gasteiger partial charge in [0, 0.05) is 17.1 Å². The van der Waals surface area contributed by atoms with Crippen molar-refractivity contribution < 1.29 is 42.2 Å². The monoisotopic (exact) mass is 714 g/mol. The molecular formula is C34H27Cl2F3N4O6. The zero-order chi connectivity index (χ0) is 35.0. The summed E-state index contributed by atoms with van der Waals surface area (Å²) in [5.74, 6) is -7.00. The number of phenolic OH excluding ortho intramolecular Hbond substituents is 1. The van der Waals surface area contributed by atoms with Gasteiger partial charge in [-0.15, -0.1) is 0 Å². The van der Waals surface area contributed by atoms with E-state index in [9.17, 15) is 32.7 Å². The number of aromatic hydroxyl groups is 1. The Morgan fingerprint density at radius 1 is 1.06 bits per heavy atom. The number of carbonyl (C=O) groups is 4. The first-order valence-electron chi connectivity index (χ1n) is 15.4. The molecule has 2 aromatic carbocycles. The van der Waals surface area contributed by atoms with E-state index in [2.05, 4.69) is 15.7 Å². The third kappa shape index (κ3) is 5.04. The van der Waals surface area contributed by atoms with Crippen molar-refractivity contribution in [2.45, 2.75) is 37.3 Å². The summed E-state index contributed by atoms with van der Waals surface area (Å²) in [7, 11) is 0. The number of carbonyl (C=O) groups excluding carboxylic acids is 4. The number of benzene rings is 2. The lowest BCUT2D eigenvalue weighted by Crippen LogP contribution is -2.53. The molecule has 7 rings (SSSR count). The van der Waals surface area contributed by atoms with Crippen molar-refractivity contribution in [3.63, 3.8) is 0 Å². The van der Waals surface area contributed by atoms with Crippen LogP contribution >= 0.6 is 23.2 Å². The molecule has 1 aromatic heterocycles. The lowest BCUT2D eigenvalue weighted by molar-refractivity contribution is -0.139. The molecule has 2 saturated heterocycles. The third-order valence-corrected chi connectivity index (χ3v) is 10.6. The summed E-state index contributed by atoms with van der Waals surface area (Å²) in [5, 5.41) is 13.6. The van der Waals surface area contributed by atoms with Gasteiger partial charge >= 0.3 is 6.18 Å². The van der Waals surface area contributed by atoms with Crippen molar-refractivity contribution in [3.05, 3.63) is 93.1 Å². The van der Waals surface area contributed by atoms with Crippen LogP contribution in [0.4, 0.5) is 19.0 Å². The number of rotatable bonds is 6. The molecule has 1 saturated carbocycles. The van der Waals surface area contributed by atoms with Crippen LogP contribution in [0.25, 0.3) is 0 Å². The molecule has 2 aliphatic heterocycles. The number of anilines is 1.